The van der Waals surface area contributed by atoms with Crippen LogP contribution in [0.4, 0.5) is 0 Å². The van der Waals surface area contributed by atoms with Crippen LogP contribution in [0, 0.1) is 5.92 Å². The Bertz CT molecular complexity index is 356. The van der Waals surface area contributed by atoms with E-state index in [1.807, 2.05) is 0 Å². The van der Waals surface area contributed by atoms with Crippen LogP contribution in [0.25, 0.3) is 0 Å². The molecule has 140 valence electrons. The van der Waals surface area contributed by atoms with E-state index in [0.717, 1.165) is 19.3 Å². The SMILES string of the molecule is CCCCCCCCCCCCCCC=CC(CC(=O)[O-])C(=O)[O-].[Zn+2]. The largest absolute Gasteiger partial charge is 2.00 e. The topological polar surface area (TPSA) is 80.3 Å². The quantitative estimate of drug-likeness (QED) is 0.212. The van der Waals surface area contributed by atoms with Crippen molar-refractivity contribution in [1.29, 1.82) is 0 Å². The molecule has 0 rings (SSSR count). The Morgan fingerprint density at radius 2 is 1.24 bits per heavy atom. The number of rotatable bonds is 17. The van der Waals surface area contributed by atoms with Gasteiger partial charge in [0.05, 0.1) is 0 Å². The average molecular weight is 404 g/mol. The van der Waals surface area contributed by atoms with Gasteiger partial charge in [-0.3, -0.25) is 0 Å². The van der Waals surface area contributed by atoms with E-state index in [4.69, 9.17) is 0 Å². The van der Waals surface area contributed by atoms with Crippen molar-refractivity contribution in [3.8, 4) is 0 Å². The average Bonchev–Trinajstić information content (AvgIpc) is 2.53. The Morgan fingerprint density at radius 3 is 1.64 bits per heavy atom. The summed E-state index contributed by atoms with van der Waals surface area (Å²) in [6.45, 7) is 2.24. The van der Waals surface area contributed by atoms with Gasteiger partial charge >= 0.3 is 19.5 Å². The van der Waals surface area contributed by atoms with Crippen LogP contribution in [0.3, 0.4) is 0 Å². The molecule has 0 radical (unpaired) electrons. The van der Waals surface area contributed by atoms with Gasteiger partial charge in [0, 0.05) is 17.9 Å². The van der Waals surface area contributed by atoms with Gasteiger partial charge in [0.15, 0.2) is 0 Å². The van der Waals surface area contributed by atoms with Gasteiger partial charge in [-0.1, -0.05) is 89.7 Å². The first kappa shape index (κ1) is 26.5. The van der Waals surface area contributed by atoms with Gasteiger partial charge < -0.3 is 19.8 Å². The zero-order valence-corrected chi connectivity index (χ0v) is 18.9. The number of hydrogen-bond donors (Lipinski definition) is 0. The first-order valence-corrected chi connectivity index (χ1v) is 9.65. The van der Waals surface area contributed by atoms with E-state index < -0.39 is 24.3 Å². The molecule has 0 aliphatic carbocycles. The molecule has 1 unspecified atom stereocenters. The molecule has 0 spiro atoms. The molecule has 5 heteroatoms. The van der Waals surface area contributed by atoms with E-state index in [9.17, 15) is 19.8 Å². The van der Waals surface area contributed by atoms with E-state index in [0.29, 0.717) is 0 Å². The number of aliphatic carboxylic acids is 2. The minimum absolute atomic E-state index is 0. The zero-order chi connectivity index (χ0) is 18.0. The summed E-state index contributed by atoms with van der Waals surface area (Å²) >= 11 is 0. The molecule has 0 aromatic rings. The fourth-order valence-electron chi connectivity index (χ4n) is 2.77. The third-order valence-corrected chi connectivity index (χ3v) is 4.28. The van der Waals surface area contributed by atoms with Gasteiger partial charge in [0.1, 0.15) is 0 Å². The Hall–Kier alpha value is -0.697. The zero-order valence-electron chi connectivity index (χ0n) is 16.0. The van der Waals surface area contributed by atoms with Crippen LogP contribution in [0.2, 0.25) is 0 Å². The van der Waals surface area contributed by atoms with E-state index in [2.05, 4.69) is 6.92 Å². The smallest absolute Gasteiger partial charge is 0.550 e. The monoisotopic (exact) mass is 402 g/mol. The Balaban J connectivity index is 0. The molecule has 1 atom stereocenters. The summed E-state index contributed by atoms with van der Waals surface area (Å²) in [4.78, 5) is 21.2. The van der Waals surface area contributed by atoms with Crippen molar-refractivity contribution in [1.82, 2.24) is 0 Å². The molecule has 0 saturated heterocycles. The summed E-state index contributed by atoms with van der Waals surface area (Å²) in [7, 11) is 0. The second kappa shape index (κ2) is 19.6. The van der Waals surface area contributed by atoms with E-state index in [1.165, 1.54) is 70.3 Å². The number of carbonyl (C=O) groups is 2. The minimum Gasteiger partial charge on any atom is -0.550 e. The molecule has 0 aliphatic rings. The molecule has 0 aliphatic heterocycles. The standard InChI is InChI=1S/C20H36O4.Zn/c1-2-3-4-5-6-7-8-9-10-11-12-13-14-15-16-18(20(23)24)17-19(21)22;/h15-16,18H,2-14,17H2,1H3,(H,21,22)(H,23,24);/q;+2/p-2. The fourth-order valence-corrected chi connectivity index (χ4v) is 2.77. The summed E-state index contributed by atoms with van der Waals surface area (Å²) in [5, 5.41) is 21.2. The normalized spacial score (nSPS) is 12.0. The summed E-state index contributed by atoms with van der Waals surface area (Å²) in [6, 6.07) is 0. The van der Waals surface area contributed by atoms with Crippen molar-refractivity contribution in [2.75, 3.05) is 0 Å². The molecule has 0 heterocycles. The number of carboxylic acid groups (broad SMARTS) is 2. The summed E-state index contributed by atoms with van der Waals surface area (Å²) in [5.41, 5.74) is 0. The van der Waals surface area contributed by atoms with Crippen molar-refractivity contribution >= 4 is 11.9 Å². The van der Waals surface area contributed by atoms with E-state index in [-0.39, 0.29) is 19.5 Å². The third kappa shape index (κ3) is 19.5. The Labute approximate surface area is 166 Å². The van der Waals surface area contributed by atoms with Crippen LogP contribution in [-0.2, 0) is 29.1 Å². The molecule has 0 fully saturated rings. The molecule has 0 amide bonds. The molecular formula is C20H34O4Zn. The van der Waals surface area contributed by atoms with E-state index in [1.54, 1.807) is 6.08 Å². The van der Waals surface area contributed by atoms with Crippen LogP contribution in [0.15, 0.2) is 12.2 Å². The Morgan fingerprint density at radius 1 is 0.800 bits per heavy atom. The number of unbranched alkanes of at least 4 members (excludes halogenated alkanes) is 12. The summed E-state index contributed by atoms with van der Waals surface area (Å²) in [6.07, 6.45) is 18.9. The molecule has 0 aromatic heterocycles. The number of allylic oxidation sites excluding steroid dienone is 1. The van der Waals surface area contributed by atoms with Gasteiger partial charge in [0.2, 0.25) is 0 Å². The van der Waals surface area contributed by atoms with Gasteiger partial charge in [-0.25, -0.2) is 0 Å². The van der Waals surface area contributed by atoms with Crippen LogP contribution >= 0.6 is 0 Å². The van der Waals surface area contributed by atoms with Crippen LogP contribution in [0.1, 0.15) is 96.8 Å². The maximum Gasteiger partial charge on any atom is 2.00 e. The van der Waals surface area contributed by atoms with Crippen molar-refractivity contribution in [3.05, 3.63) is 12.2 Å². The maximum atomic E-state index is 10.7. The first-order chi connectivity index (χ1) is 11.6. The Kier molecular flexibility index (Phi) is 20.8. The maximum absolute atomic E-state index is 10.7. The fraction of sp³-hybridized carbons (Fsp3) is 0.800. The molecule has 25 heavy (non-hydrogen) atoms. The molecular weight excluding hydrogens is 370 g/mol. The van der Waals surface area contributed by atoms with Crippen molar-refractivity contribution in [3.63, 3.8) is 0 Å². The van der Waals surface area contributed by atoms with Crippen LogP contribution in [0.5, 0.6) is 0 Å². The molecule has 0 bridgehead atoms. The third-order valence-electron chi connectivity index (χ3n) is 4.28. The van der Waals surface area contributed by atoms with Crippen LogP contribution in [-0.4, -0.2) is 11.9 Å². The number of hydrogen-bond acceptors (Lipinski definition) is 4. The predicted octanol–water partition coefficient (Wildman–Crippen LogP) is 3.14. The van der Waals surface area contributed by atoms with Gasteiger partial charge in [0.25, 0.3) is 0 Å². The van der Waals surface area contributed by atoms with Crippen molar-refractivity contribution in [2.45, 2.75) is 96.8 Å². The summed E-state index contributed by atoms with van der Waals surface area (Å²) < 4.78 is 0. The molecule has 0 aromatic carbocycles. The molecule has 4 nitrogen and oxygen atoms in total. The molecule has 0 N–H and O–H groups in total. The number of carbonyl (C=O) groups excluding carboxylic acids is 2. The van der Waals surface area contributed by atoms with Crippen molar-refractivity contribution < 1.29 is 39.3 Å². The second-order valence-electron chi connectivity index (χ2n) is 6.61. The first-order valence-electron chi connectivity index (χ1n) is 9.65. The summed E-state index contributed by atoms with van der Waals surface area (Å²) in [5.74, 6) is -3.79. The van der Waals surface area contributed by atoms with Crippen LogP contribution < -0.4 is 10.2 Å². The van der Waals surface area contributed by atoms with Gasteiger partial charge in [-0.15, -0.1) is 0 Å². The van der Waals surface area contributed by atoms with Gasteiger partial charge in [-0.2, -0.15) is 0 Å². The minimum atomic E-state index is -1.36. The number of carboxylic acids is 2. The van der Waals surface area contributed by atoms with E-state index >= 15 is 0 Å². The van der Waals surface area contributed by atoms with Crippen molar-refractivity contribution in [2.24, 2.45) is 5.92 Å². The predicted molar refractivity (Wildman–Crippen MR) is 93.0 cm³/mol. The van der Waals surface area contributed by atoms with Gasteiger partial charge in [-0.05, 0) is 19.3 Å². The molecule has 0 saturated carbocycles. The second-order valence-corrected chi connectivity index (χ2v) is 6.61.